The maximum absolute atomic E-state index is 13.3. The van der Waals surface area contributed by atoms with Crippen LogP contribution < -0.4 is 9.64 Å². The third-order valence-corrected chi connectivity index (χ3v) is 6.86. The Kier molecular flexibility index (Phi) is 5.74. The van der Waals surface area contributed by atoms with Crippen LogP contribution in [0.1, 0.15) is 29.7 Å². The van der Waals surface area contributed by atoms with Gasteiger partial charge in [-0.2, -0.15) is 0 Å². The highest BCUT2D eigenvalue weighted by Gasteiger charge is 2.48. The first-order chi connectivity index (χ1) is 16.9. The predicted molar refractivity (Wildman–Crippen MR) is 135 cm³/mol. The number of thiazole rings is 1. The largest absolute Gasteiger partial charge is 0.508 e. The third kappa shape index (κ3) is 4.02. The zero-order valence-electron chi connectivity index (χ0n) is 19.1. The van der Waals surface area contributed by atoms with Crippen molar-refractivity contribution in [3.05, 3.63) is 89.0 Å². The molecule has 0 spiro atoms. The normalized spacial score (nSPS) is 17.3. The lowest BCUT2D eigenvalue weighted by molar-refractivity contribution is -0.132. The second-order valence-corrected chi connectivity index (χ2v) is 9.19. The van der Waals surface area contributed by atoms with E-state index >= 15 is 0 Å². The summed E-state index contributed by atoms with van der Waals surface area (Å²) < 4.78 is 6.38. The molecule has 176 valence electrons. The van der Waals surface area contributed by atoms with E-state index in [1.807, 2.05) is 32.0 Å². The van der Waals surface area contributed by atoms with E-state index in [0.29, 0.717) is 34.1 Å². The molecule has 1 aliphatic rings. The summed E-state index contributed by atoms with van der Waals surface area (Å²) in [6.45, 7) is 4.34. The number of aromatic nitrogens is 1. The van der Waals surface area contributed by atoms with E-state index in [1.54, 1.807) is 36.4 Å². The quantitative estimate of drug-likeness (QED) is 0.225. The number of aromatic hydroxyl groups is 1. The number of carbonyl (C=O) groups excluding carboxylic acids is 2. The monoisotopic (exact) mass is 486 g/mol. The average molecular weight is 487 g/mol. The lowest BCUT2D eigenvalue weighted by atomic mass is 9.95. The van der Waals surface area contributed by atoms with Crippen LogP contribution in [0, 0.1) is 6.92 Å². The fourth-order valence-corrected chi connectivity index (χ4v) is 5.14. The number of phenols is 1. The Bertz CT molecular complexity index is 1470. The number of nitrogens with zero attached hydrogens (tertiary/aromatic N) is 2. The summed E-state index contributed by atoms with van der Waals surface area (Å²) in [5, 5.41) is 21.3. The second-order valence-electron chi connectivity index (χ2n) is 8.19. The summed E-state index contributed by atoms with van der Waals surface area (Å²) in [5.41, 5.74) is 2.63. The first-order valence-corrected chi connectivity index (χ1v) is 11.9. The van der Waals surface area contributed by atoms with Crippen molar-refractivity contribution in [3.8, 4) is 11.5 Å². The highest BCUT2D eigenvalue weighted by Crippen LogP contribution is 2.44. The zero-order chi connectivity index (χ0) is 24.7. The standard InChI is InChI=1S/C27H22N2O5S/c1-3-34-19-12-13-20-21(14-19)35-27(28-20)29-23(16-8-10-18(30)11-9-16)22(25(32)26(29)33)24(31)17-6-4-15(2)5-7-17/h4-14,23,30-31H,3H2,1-2H3/b24-22+. The molecule has 7 nitrogen and oxygen atoms in total. The first-order valence-electron chi connectivity index (χ1n) is 11.1. The number of anilines is 1. The smallest absolute Gasteiger partial charge is 0.301 e. The SMILES string of the molecule is CCOc1ccc2nc(N3C(=O)C(=O)/C(=C(/O)c4ccc(C)cc4)C3c3ccc(O)cc3)sc2c1. The van der Waals surface area contributed by atoms with Crippen LogP contribution >= 0.6 is 11.3 Å². The van der Waals surface area contributed by atoms with Gasteiger partial charge in [0, 0.05) is 5.56 Å². The zero-order valence-corrected chi connectivity index (χ0v) is 19.9. The van der Waals surface area contributed by atoms with Gasteiger partial charge in [-0.25, -0.2) is 4.98 Å². The van der Waals surface area contributed by atoms with Gasteiger partial charge in [-0.3, -0.25) is 14.5 Å². The summed E-state index contributed by atoms with van der Waals surface area (Å²) in [7, 11) is 0. The van der Waals surface area contributed by atoms with Gasteiger partial charge < -0.3 is 14.9 Å². The van der Waals surface area contributed by atoms with Crippen molar-refractivity contribution >= 4 is 44.1 Å². The number of carbonyl (C=O) groups is 2. The number of amides is 1. The Morgan fingerprint density at radius 3 is 2.46 bits per heavy atom. The number of fused-ring (bicyclic) bond motifs is 1. The van der Waals surface area contributed by atoms with Gasteiger partial charge in [0.1, 0.15) is 17.3 Å². The van der Waals surface area contributed by atoms with E-state index in [9.17, 15) is 19.8 Å². The van der Waals surface area contributed by atoms with E-state index < -0.39 is 17.7 Å². The van der Waals surface area contributed by atoms with E-state index in [1.165, 1.54) is 28.4 Å². The molecular formula is C27H22N2O5S. The Labute approximate surface area is 205 Å². The highest BCUT2D eigenvalue weighted by molar-refractivity contribution is 7.22. The topological polar surface area (TPSA) is 100.0 Å². The van der Waals surface area contributed by atoms with Crippen molar-refractivity contribution in [3.63, 3.8) is 0 Å². The number of aliphatic hydroxyl groups is 1. The molecule has 8 heteroatoms. The number of benzene rings is 3. The summed E-state index contributed by atoms with van der Waals surface area (Å²) in [6.07, 6.45) is 0. The van der Waals surface area contributed by atoms with Crippen molar-refractivity contribution < 1.29 is 24.5 Å². The Balaban J connectivity index is 1.69. The molecule has 1 fully saturated rings. The number of rotatable bonds is 5. The molecule has 35 heavy (non-hydrogen) atoms. The molecule has 5 rings (SSSR count). The van der Waals surface area contributed by atoms with Gasteiger partial charge >= 0.3 is 5.91 Å². The fraction of sp³-hybridized carbons (Fsp3) is 0.148. The Morgan fingerprint density at radius 1 is 1.06 bits per heavy atom. The van der Waals surface area contributed by atoms with Gasteiger partial charge in [0.15, 0.2) is 5.13 Å². The van der Waals surface area contributed by atoms with Gasteiger partial charge in [-0.1, -0.05) is 53.3 Å². The van der Waals surface area contributed by atoms with Gasteiger partial charge in [0.25, 0.3) is 5.78 Å². The summed E-state index contributed by atoms with van der Waals surface area (Å²) >= 11 is 1.26. The van der Waals surface area contributed by atoms with Crippen molar-refractivity contribution in [2.45, 2.75) is 19.9 Å². The van der Waals surface area contributed by atoms with Crippen molar-refractivity contribution in [1.29, 1.82) is 0 Å². The molecule has 4 aromatic rings. The molecule has 0 radical (unpaired) electrons. The lowest BCUT2D eigenvalue weighted by Crippen LogP contribution is -2.29. The Morgan fingerprint density at radius 2 is 1.77 bits per heavy atom. The average Bonchev–Trinajstić information content (AvgIpc) is 3.38. The van der Waals surface area contributed by atoms with Crippen LogP contribution in [0.25, 0.3) is 16.0 Å². The van der Waals surface area contributed by atoms with E-state index in [4.69, 9.17) is 4.74 Å². The molecule has 1 aliphatic heterocycles. The van der Waals surface area contributed by atoms with Gasteiger partial charge in [0.05, 0.1) is 28.4 Å². The van der Waals surface area contributed by atoms with Crippen LogP contribution in [0.4, 0.5) is 5.13 Å². The number of hydrogen-bond acceptors (Lipinski definition) is 7. The third-order valence-electron chi connectivity index (χ3n) is 5.84. The number of hydrogen-bond donors (Lipinski definition) is 2. The summed E-state index contributed by atoms with van der Waals surface area (Å²) in [5.74, 6) is -1.10. The van der Waals surface area contributed by atoms with Crippen molar-refractivity contribution in [2.24, 2.45) is 0 Å². The molecule has 2 heterocycles. The van der Waals surface area contributed by atoms with E-state index in [-0.39, 0.29) is 17.1 Å². The van der Waals surface area contributed by atoms with Crippen LogP contribution in [0.5, 0.6) is 11.5 Å². The van der Waals surface area contributed by atoms with E-state index in [0.717, 1.165) is 10.3 Å². The fourth-order valence-electron chi connectivity index (χ4n) is 4.12. The molecule has 2 N–H and O–H groups in total. The molecule has 1 saturated heterocycles. The predicted octanol–water partition coefficient (Wildman–Crippen LogP) is 5.34. The Hall–Kier alpha value is -4.17. The maximum Gasteiger partial charge on any atom is 0.301 e. The van der Waals surface area contributed by atoms with E-state index in [2.05, 4.69) is 4.98 Å². The van der Waals surface area contributed by atoms with Crippen molar-refractivity contribution in [1.82, 2.24) is 4.98 Å². The van der Waals surface area contributed by atoms with Gasteiger partial charge in [-0.15, -0.1) is 0 Å². The summed E-state index contributed by atoms with van der Waals surface area (Å²) in [6, 6.07) is 17.8. The van der Waals surface area contributed by atoms with Gasteiger partial charge in [0.2, 0.25) is 0 Å². The molecule has 0 aliphatic carbocycles. The highest BCUT2D eigenvalue weighted by atomic mass is 32.1. The van der Waals surface area contributed by atoms with Gasteiger partial charge in [-0.05, 0) is 49.7 Å². The number of Topliss-reactive ketones (excluding diaryl/α,β-unsaturated/α-hetero) is 1. The molecule has 3 aromatic carbocycles. The number of ether oxygens (including phenoxy) is 1. The minimum Gasteiger partial charge on any atom is -0.508 e. The minimum absolute atomic E-state index is 0.0289. The molecule has 0 bridgehead atoms. The van der Waals surface area contributed by atoms with Crippen LogP contribution in [-0.2, 0) is 9.59 Å². The minimum atomic E-state index is -0.913. The number of phenolic OH excluding ortho intramolecular Hbond substituents is 1. The molecule has 1 amide bonds. The van der Waals surface area contributed by atoms with Crippen molar-refractivity contribution in [2.75, 3.05) is 11.5 Å². The number of aliphatic hydroxyl groups excluding tert-OH is 1. The second kappa shape index (κ2) is 8.88. The summed E-state index contributed by atoms with van der Waals surface area (Å²) in [4.78, 5) is 32.5. The lowest BCUT2D eigenvalue weighted by Gasteiger charge is -2.23. The molecule has 1 aromatic heterocycles. The molecular weight excluding hydrogens is 464 g/mol. The van der Waals surface area contributed by atoms with Crippen LogP contribution in [0.15, 0.2) is 72.3 Å². The molecule has 1 unspecified atom stereocenters. The first kappa shape index (κ1) is 22.6. The molecule has 1 atom stereocenters. The number of ketones is 1. The van der Waals surface area contributed by atoms with Crippen LogP contribution in [0.3, 0.4) is 0 Å². The molecule has 0 saturated carbocycles. The van der Waals surface area contributed by atoms with Crippen LogP contribution in [-0.4, -0.2) is 33.5 Å². The van der Waals surface area contributed by atoms with Crippen LogP contribution in [0.2, 0.25) is 0 Å². The maximum atomic E-state index is 13.3. The number of aryl methyl sites for hydroxylation is 1.